The van der Waals surface area contributed by atoms with Crippen molar-refractivity contribution in [2.45, 2.75) is 26.3 Å². The third-order valence-corrected chi connectivity index (χ3v) is 5.25. The molecular formula is C22H22FN3O3. The minimum absolute atomic E-state index is 0.1000. The van der Waals surface area contributed by atoms with E-state index >= 15 is 0 Å². The Bertz CT molecular complexity index is 1000. The van der Waals surface area contributed by atoms with Crippen molar-refractivity contribution in [1.29, 1.82) is 0 Å². The first-order chi connectivity index (χ1) is 14.1. The minimum Gasteiger partial charge on any atom is -0.407 e. The number of rotatable bonds is 7. The molecule has 1 aliphatic rings. The highest BCUT2D eigenvalue weighted by Crippen LogP contribution is 2.44. The molecule has 0 amide bonds. The van der Waals surface area contributed by atoms with Gasteiger partial charge in [-0.05, 0) is 54.3 Å². The van der Waals surface area contributed by atoms with Crippen LogP contribution in [0.4, 0.5) is 4.39 Å². The van der Waals surface area contributed by atoms with Crippen molar-refractivity contribution < 1.29 is 19.0 Å². The zero-order valence-corrected chi connectivity index (χ0v) is 16.1. The Hall–Kier alpha value is -3.06. The highest BCUT2D eigenvalue weighted by molar-refractivity contribution is 5.87. The molecule has 29 heavy (non-hydrogen) atoms. The summed E-state index contributed by atoms with van der Waals surface area (Å²) in [6, 6.07) is 9.58. The van der Waals surface area contributed by atoms with Gasteiger partial charge in [0.2, 0.25) is 5.88 Å². The third-order valence-electron chi connectivity index (χ3n) is 5.25. The van der Waals surface area contributed by atoms with Crippen LogP contribution in [0.1, 0.15) is 19.8 Å². The van der Waals surface area contributed by atoms with Crippen molar-refractivity contribution in [1.82, 2.24) is 14.8 Å². The number of esters is 1. The largest absolute Gasteiger partial charge is 0.407 e. The lowest BCUT2D eigenvalue weighted by Gasteiger charge is -2.10. The van der Waals surface area contributed by atoms with E-state index in [2.05, 4.69) is 17.0 Å². The molecule has 0 bridgehead atoms. The molecule has 1 N–H and O–H groups in total. The molecule has 1 aliphatic carbocycles. The second-order valence-corrected chi connectivity index (χ2v) is 7.15. The first kappa shape index (κ1) is 19.3. The fourth-order valence-electron chi connectivity index (χ4n) is 3.54. The number of benzene rings is 1. The predicted molar refractivity (Wildman–Crippen MR) is 105 cm³/mol. The number of hydrogen-bond donors (Lipinski definition) is 1. The van der Waals surface area contributed by atoms with Gasteiger partial charge in [0.25, 0.3) is 0 Å². The molecule has 2 atom stereocenters. The fourth-order valence-corrected chi connectivity index (χ4v) is 3.54. The summed E-state index contributed by atoms with van der Waals surface area (Å²) >= 11 is 0. The van der Waals surface area contributed by atoms with Crippen LogP contribution in [-0.2, 0) is 11.3 Å². The van der Waals surface area contributed by atoms with E-state index < -0.39 is 0 Å². The molecule has 7 heteroatoms. The smallest absolute Gasteiger partial charge is 0.315 e. The van der Waals surface area contributed by atoms with Crippen LogP contribution in [0.25, 0.3) is 22.4 Å². The standard InChI is InChI=1S/C22H22FN3O3/c1-2-14-13-18(14)22(28)29-21-19(15-7-9-24-10-8-15)20(25-26(21)11-12-27)16-3-5-17(23)6-4-16/h3-10,14,18,27H,2,11-13H2,1H3. The Morgan fingerprint density at radius 1 is 1.21 bits per heavy atom. The van der Waals surface area contributed by atoms with Crippen molar-refractivity contribution in [2.75, 3.05) is 6.61 Å². The van der Waals surface area contributed by atoms with Gasteiger partial charge in [-0.15, -0.1) is 0 Å². The molecule has 2 heterocycles. The second kappa shape index (κ2) is 8.13. The van der Waals surface area contributed by atoms with Crippen LogP contribution in [0, 0.1) is 17.7 Å². The minimum atomic E-state index is -0.347. The summed E-state index contributed by atoms with van der Waals surface area (Å²) in [5.74, 6) is -0.0806. The topological polar surface area (TPSA) is 77.2 Å². The van der Waals surface area contributed by atoms with Crippen LogP contribution in [0.2, 0.25) is 0 Å². The van der Waals surface area contributed by atoms with Gasteiger partial charge in [0, 0.05) is 18.0 Å². The number of halogens is 1. The molecule has 0 radical (unpaired) electrons. The average molecular weight is 395 g/mol. The number of pyridine rings is 1. The Kier molecular flexibility index (Phi) is 5.40. The maximum Gasteiger partial charge on any atom is 0.315 e. The maximum atomic E-state index is 13.4. The summed E-state index contributed by atoms with van der Waals surface area (Å²) in [6.45, 7) is 2.07. The molecule has 0 aliphatic heterocycles. The van der Waals surface area contributed by atoms with Gasteiger partial charge in [-0.1, -0.05) is 13.3 Å². The number of carbonyl (C=O) groups is 1. The summed E-state index contributed by atoms with van der Waals surface area (Å²) < 4.78 is 20.8. The van der Waals surface area contributed by atoms with E-state index in [0.29, 0.717) is 22.7 Å². The summed E-state index contributed by atoms with van der Waals surface area (Å²) in [4.78, 5) is 16.7. The molecule has 0 spiro atoms. The Labute approximate surface area is 168 Å². The van der Waals surface area contributed by atoms with E-state index in [9.17, 15) is 14.3 Å². The molecule has 2 unspecified atom stereocenters. The number of hydrogen-bond acceptors (Lipinski definition) is 5. The monoisotopic (exact) mass is 395 g/mol. The molecule has 1 aromatic carbocycles. The molecule has 150 valence electrons. The van der Waals surface area contributed by atoms with Gasteiger partial charge in [-0.3, -0.25) is 9.78 Å². The van der Waals surface area contributed by atoms with Crippen molar-refractivity contribution in [2.24, 2.45) is 11.8 Å². The van der Waals surface area contributed by atoms with Crippen LogP contribution < -0.4 is 4.74 Å². The summed E-state index contributed by atoms with van der Waals surface area (Å²) in [7, 11) is 0. The van der Waals surface area contributed by atoms with Crippen molar-refractivity contribution in [3.63, 3.8) is 0 Å². The number of ether oxygens (including phenoxy) is 1. The molecule has 3 aromatic rings. The summed E-state index contributed by atoms with van der Waals surface area (Å²) in [5.41, 5.74) is 2.63. The van der Waals surface area contributed by atoms with E-state index in [1.54, 1.807) is 36.7 Å². The lowest BCUT2D eigenvalue weighted by Crippen LogP contribution is -2.16. The average Bonchev–Trinajstić information content (AvgIpc) is 3.46. The predicted octanol–water partition coefficient (Wildman–Crippen LogP) is 3.70. The number of nitrogens with zero attached hydrogens (tertiary/aromatic N) is 3. The Morgan fingerprint density at radius 2 is 1.93 bits per heavy atom. The summed E-state index contributed by atoms with van der Waals surface area (Å²) in [5, 5.41) is 14.1. The normalized spacial score (nSPS) is 17.9. The van der Waals surface area contributed by atoms with Crippen molar-refractivity contribution in [3.05, 3.63) is 54.6 Å². The molecular weight excluding hydrogens is 373 g/mol. The zero-order valence-electron chi connectivity index (χ0n) is 16.1. The number of aromatic nitrogens is 3. The lowest BCUT2D eigenvalue weighted by atomic mass is 10.0. The van der Waals surface area contributed by atoms with Gasteiger partial charge in [-0.2, -0.15) is 5.10 Å². The lowest BCUT2D eigenvalue weighted by molar-refractivity contribution is -0.136. The number of aliphatic hydroxyl groups is 1. The molecule has 1 saturated carbocycles. The fraction of sp³-hybridized carbons (Fsp3) is 0.318. The van der Waals surface area contributed by atoms with Crippen LogP contribution in [0.15, 0.2) is 48.8 Å². The number of aliphatic hydroxyl groups excluding tert-OH is 1. The van der Waals surface area contributed by atoms with Gasteiger partial charge in [-0.25, -0.2) is 9.07 Å². The highest BCUT2D eigenvalue weighted by Gasteiger charge is 2.43. The van der Waals surface area contributed by atoms with Gasteiger partial charge in [0.05, 0.1) is 24.6 Å². The molecule has 2 aromatic heterocycles. The molecule has 0 saturated heterocycles. The quantitative estimate of drug-likeness (QED) is 0.618. The third kappa shape index (κ3) is 3.91. The van der Waals surface area contributed by atoms with Crippen molar-refractivity contribution >= 4 is 5.97 Å². The zero-order chi connectivity index (χ0) is 20.4. The summed E-state index contributed by atoms with van der Waals surface area (Å²) in [6.07, 6.45) is 5.06. The van der Waals surface area contributed by atoms with Crippen LogP contribution >= 0.6 is 0 Å². The SMILES string of the molecule is CCC1CC1C(=O)Oc1c(-c2ccncc2)c(-c2ccc(F)cc2)nn1CCO. The first-order valence-electron chi connectivity index (χ1n) is 9.72. The second-order valence-electron chi connectivity index (χ2n) is 7.15. The van der Waals surface area contributed by atoms with Gasteiger partial charge >= 0.3 is 5.97 Å². The number of carbonyl (C=O) groups excluding carboxylic acids is 1. The highest BCUT2D eigenvalue weighted by atomic mass is 19.1. The van der Waals surface area contributed by atoms with Crippen LogP contribution in [-0.4, -0.2) is 32.4 Å². The van der Waals surface area contributed by atoms with Gasteiger partial charge in [0.15, 0.2) is 0 Å². The molecule has 6 nitrogen and oxygen atoms in total. The molecule has 1 fully saturated rings. The van der Waals surface area contributed by atoms with E-state index in [1.807, 2.05) is 0 Å². The van der Waals surface area contributed by atoms with Gasteiger partial charge in [0.1, 0.15) is 11.5 Å². The molecule has 4 rings (SSSR count). The van der Waals surface area contributed by atoms with Crippen molar-refractivity contribution in [3.8, 4) is 28.3 Å². The van der Waals surface area contributed by atoms with E-state index in [0.717, 1.165) is 18.4 Å². The van der Waals surface area contributed by atoms with Crippen LogP contribution in [0.3, 0.4) is 0 Å². The van der Waals surface area contributed by atoms with E-state index in [-0.39, 0.29) is 36.7 Å². The van der Waals surface area contributed by atoms with E-state index in [1.165, 1.54) is 16.8 Å². The van der Waals surface area contributed by atoms with Crippen LogP contribution in [0.5, 0.6) is 5.88 Å². The Morgan fingerprint density at radius 3 is 2.55 bits per heavy atom. The van der Waals surface area contributed by atoms with E-state index in [4.69, 9.17) is 4.74 Å². The maximum absolute atomic E-state index is 13.4. The first-order valence-corrected chi connectivity index (χ1v) is 9.72. The Balaban J connectivity index is 1.83. The van der Waals surface area contributed by atoms with Gasteiger partial charge < -0.3 is 9.84 Å².